The molecular weight excluding hydrogens is 944 g/mol. The van der Waals surface area contributed by atoms with E-state index in [4.69, 9.17) is 0 Å². The summed E-state index contributed by atoms with van der Waals surface area (Å²) < 4.78 is 0. The van der Waals surface area contributed by atoms with E-state index >= 15 is 0 Å². The molecule has 0 amide bonds. The monoisotopic (exact) mass is 1040 g/mol. The van der Waals surface area contributed by atoms with Gasteiger partial charge in [-0.1, -0.05) is 251 Å². The fraction of sp³-hybridized carbons (Fsp3) is 0.500. The summed E-state index contributed by atoms with van der Waals surface area (Å²) in [6.45, 7) is 54.9. The predicted octanol–water partition coefficient (Wildman–Crippen LogP) is 24.9. The van der Waals surface area contributed by atoms with E-state index in [1.165, 1.54) is 89.0 Å². The molecule has 0 aliphatic heterocycles. The molecule has 0 fully saturated rings. The van der Waals surface area contributed by atoms with Crippen LogP contribution in [0.25, 0.3) is 56.0 Å². The number of rotatable bonds is 16. The standard InChI is InChI=1S/2C36H50N.V/c2*1-20(2)26-16-30(22(5)6)34(31(17-26)23(7)8)28-14-13-15-29(36(28)37)35-32(24(9)10)18-27(21(3)4)19-33(35)25(11)12;/h2*13-25,37H,1-12H3;/q2*-1;+2. The Morgan fingerprint density at radius 3 is 0.467 bits per heavy atom. The summed E-state index contributed by atoms with van der Waals surface area (Å²) >= 11 is 0. The van der Waals surface area contributed by atoms with Crippen molar-refractivity contribution in [2.45, 2.75) is 237 Å². The van der Waals surface area contributed by atoms with Crippen molar-refractivity contribution in [2.75, 3.05) is 0 Å². The summed E-state index contributed by atoms with van der Waals surface area (Å²) in [5.41, 5.74) is 46.5. The summed E-state index contributed by atoms with van der Waals surface area (Å²) in [6.07, 6.45) is 0. The van der Waals surface area contributed by atoms with Gasteiger partial charge in [0.05, 0.1) is 0 Å². The fourth-order valence-electron chi connectivity index (χ4n) is 11.0. The second kappa shape index (κ2) is 26.2. The van der Waals surface area contributed by atoms with Gasteiger partial charge in [-0.05, 0) is 182 Å². The smallest absolute Gasteiger partial charge is 0.698 e. The fourth-order valence-corrected chi connectivity index (χ4v) is 11.0. The van der Waals surface area contributed by atoms with Gasteiger partial charge in [0.1, 0.15) is 0 Å². The van der Waals surface area contributed by atoms with Gasteiger partial charge in [-0.2, -0.15) is 0 Å². The van der Waals surface area contributed by atoms with Crippen LogP contribution in [0.5, 0.6) is 0 Å². The largest absolute Gasteiger partial charge is 2.00 e. The third-order valence-corrected chi connectivity index (χ3v) is 15.7. The SMILES string of the molecule is CC(C)c1cc(C(C)C)c(-c2cccc(-c3c(C(C)C)cc(C(C)C)cc3C(C)C)c2[NH-])c(C(C)C)c1.CC(C)c1cc(C(C)C)c(-c2cccc(-c3c(C(C)C)cc(C(C)C)cc3C(C)C)c2[NH-])c(C(C)C)c1.[V+2]. The third-order valence-electron chi connectivity index (χ3n) is 15.7. The maximum absolute atomic E-state index is 9.65. The molecule has 75 heavy (non-hydrogen) atoms. The van der Waals surface area contributed by atoms with Crippen LogP contribution in [0.3, 0.4) is 0 Å². The Kier molecular flexibility index (Phi) is 22.1. The Balaban J connectivity index is 0.000000320. The zero-order valence-corrected chi connectivity index (χ0v) is 52.9. The van der Waals surface area contributed by atoms with E-state index in [0.29, 0.717) is 82.4 Å². The van der Waals surface area contributed by atoms with Crippen molar-refractivity contribution in [3.05, 3.63) is 163 Å². The van der Waals surface area contributed by atoms with E-state index in [-0.39, 0.29) is 18.6 Å². The average Bonchev–Trinajstić information content (AvgIpc) is 3.32. The van der Waals surface area contributed by atoms with Crippen molar-refractivity contribution in [2.24, 2.45) is 0 Å². The molecule has 0 atom stereocenters. The minimum Gasteiger partial charge on any atom is -0.698 e. The molecule has 0 spiro atoms. The summed E-state index contributed by atoms with van der Waals surface area (Å²) in [7, 11) is 0. The predicted molar refractivity (Wildman–Crippen MR) is 332 cm³/mol. The van der Waals surface area contributed by atoms with Gasteiger partial charge in [-0.15, -0.1) is 11.4 Å². The topological polar surface area (TPSA) is 47.6 Å². The third kappa shape index (κ3) is 13.8. The van der Waals surface area contributed by atoms with E-state index in [2.05, 4.69) is 251 Å². The summed E-state index contributed by atoms with van der Waals surface area (Å²) in [5.74, 6) is 5.01. The molecule has 3 heteroatoms. The van der Waals surface area contributed by atoms with Gasteiger partial charge in [0.15, 0.2) is 0 Å². The van der Waals surface area contributed by atoms with Crippen LogP contribution in [0.4, 0.5) is 11.4 Å². The molecule has 0 aromatic heterocycles. The molecule has 1 radical (unpaired) electrons. The maximum Gasteiger partial charge on any atom is 2.00 e. The van der Waals surface area contributed by atoms with Crippen LogP contribution < -0.4 is 0 Å². The Morgan fingerprint density at radius 2 is 0.360 bits per heavy atom. The second-order valence-corrected chi connectivity index (χ2v) is 25.6. The summed E-state index contributed by atoms with van der Waals surface area (Å²) in [5, 5.41) is 0. The number of nitrogens with one attached hydrogen (secondary N) is 2. The minimum absolute atomic E-state index is 0. The molecule has 0 unspecified atom stereocenters. The molecular formula is C72H100N2V. The molecule has 0 saturated heterocycles. The van der Waals surface area contributed by atoms with Crippen molar-refractivity contribution in [1.29, 1.82) is 0 Å². The maximum atomic E-state index is 9.65. The van der Waals surface area contributed by atoms with E-state index in [1.807, 2.05) is 0 Å². The van der Waals surface area contributed by atoms with Gasteiger partial charge in [-0.25, -0.2) is 0 Å². The molecule has 6 aromatic rings. The first-order valence-corrected chi connectivity index (χ1v) is 28.9. The first-order valence-electron chi connectivity index (χ1n) is 28.9. The van der Waals surface area contributed by atoms with E-state index < -0.39 is 0 Å². The zero-order valence-electron chi connectivity index (χ0n) is 51.5. The van der Waals surface area contributed by atoms with Crippen LogP contribution in [0.1, 0.15) is 304 Å². The first-order chi connectivity index (χ1) is 34.5. The van der Waals surface area contributed by atoms with E-state index in [1.54, 1.807) is 0 Å². The van der Waals surface area contributed by atoms with Crippen LogP contribution in [0.15, 0.2) is 84.9 Å². The number of benzene rings is 6. The molecule has 6 aromatic carbocycles. The van der Waals surface area contributed by atoms with Crippen LogP contribution in [-0.2, 0) is 18.6 Å². The Hall–Kier alpha value is -4.50. The van der Waals surface area contributed by atoms with Gasteiger partial charge in [0.2, 0.25) is 0 Å². The second-order valence-electron chi connectivity index (χ2n) is 25.6. The molecule has 0 saturated carbocycles. The van der Waals surface area contributed by atoms with Crippen molar-refractivity contribution >= 4 is 11.4 Å². The molecule has 2 nitrogen and oxygen atoms in total. The molecule has 0 aliphatic rings. The van der Waals surface area contributed by atoms with Crippen molar-refractivity contribution in [1.82, 2.24) is 0 Å². The number of hydrogen-bond donors (Lipinski definition) is 0. The van der Waals surface area contributed by atoms with Gasteiger partial charge in [0, 0.05) is 0 Å². The molecule has 0 heterocycles. The first kappa shape index (κ1) is 63.0. The van der Waals surface area contributed by atoms with Crippen molar-refractivity contribution in [3.8, 4) is 44.5 Å². The van der Waals surface area contributed by atoms with Gasteiger partial charge >= 0.3 is 18.6 Å². The van der Waals surface area contributed by atoms with Crippen LogP contribution in [-0.4, -0.2) is 0 Å². The quantitative estimate of drug-likeness (QED) is 0.0927. The van der Waals surface area contributed by atoms with E-state index in [0.717, 1.165) is 22.3 Å². The van der Waals surface area contributed by atoms with Crippen LogP contribution in [0.2, 0.25) is 0 Å². The molecule has 2 N–H and O–H groups in total. The summed E-state index contributed by atoms with van der Waals surface area (Å²) in [6, 6.07) is 32.3. The zero-order chi connectivity index (χ0) is 55.5. The number of hydrogen-bond acceptors (Lipinski definition) is 0. The van der Waals surface area contributed by atoms with Gasteiger partial charge in [-0.3, -0.25) is 0 Å². The summed E-state index contributed by atoms with van der Waals surface area (Å²) in [4.78, 5) is 0. The molecule has 0 bridgehead atoms. The Labute approximate surface area is 472 Å². The molecule has 403 valence electrons. The Bertz CT molecular complexity index is 2380. The van der Waals surface area contributed by atoms with E-state index in [9.17, 15) is 11.5 Å². The molecule has 0 aliphatic carbocycles. The normalized spacial score (nSPS) is 12.1. The van der Waals surface area contributed by atoms with Crippen LogP contribution in [0, 0.1) is 0 Å². The minimum atomic E-state index is 0. The van der Waals surface area contributed by atoms with Gasteiger partial charge in [0.25, 0.3) is 0 Å². The van der Waals surface area contributed by atoms with Crippen molar-refractivity contribution < 1.29 is 18.6 Å². The van der Waals surface area contributed by atoms with Crippen molar-refractivity contribution in [3.63, 3.8) is 0 Å². The molecule has 6 rings (SSSR count). The van der Waals surface area contributed by atoms with Crippen LogP contribution >= 0.6 is 0 Å². The average molecular weight is 1040 g/mol. The Morgan fingerprint density at radius 1 is 0.227 bits per heavy atom. The van der Waals surface area contributed by atoms with Gasteiger partial charge < -0.3 is 11.5 Å².